The van der Waals surface area contributed by atoms with Crippen LogP contribution in [-0.4, -0.2) is 33.9 Å². The monoisotopic (exact) mass is 425 g/mol. The highest BCUT2D eigenvalue weighted by atomic mass is 32.2. The molecule has 1 saturated heterocycles. The zero-order chi connectivity index (χ0) is 20.9. The van der Waals surface area contributed by atoms with Gasteiger partial charge in [0.15, 0.2) is 5.17 Å². The van der Waals surface area contributed by atoms with E-state index in [2.05, 4.69) is 17.0 Å². The van der Waals surface area contributed by atoms with Gasteiger partial charge >= 0.3 is 0 Å². The number of amides is 1. The second-order valence-corrected chi connectivity index (χ2v) is 8.96. The van der Waals surface area contributed by atoms with Crippen molar-refractivity contribution in [3.63, 3.8) is 0 Å². The maximum atomic E-state index is 13.5. The van der Waals surface area contributed by atoms with E-state index in [0.29, 0.717) is 18.3 Å². The predicted octanol–water partition coefficient (Wildman–Crippen LogP) is 5.44. The van der Waals surface area contributed by atoms with E-state index >= 15 is 0 Å². The molecule has 4 rings (SSSR count). The summed E-state index contributed by atoms with van der Waals surface area (Å²) in [4.78, 5) is 21.8. The van der Waals surface area contributed by atoms with Gasteiger partial charge in [-0.3, -0.25) is 14.7 Å². The van der Waals surface area contributed by atoms with Crippen molar-refractivity contribution in [2.45, 2.75) is 57.8 Å². The Morgan fingerprint density at radius 2 is 1.80 bits per heavy atom. The molecule has 0 radical (unpaired) electrons. The molecule has 1 aliphatic heterocycles. The van der Waals surface area contributed by atoms with E-state index in [1.165, 1.54) is 37.0 Å². The van der Waals surface area contributed by atoms with Crippen LogP contribution in [-0.2, 0) is 11.3 Å². The maximum absolute atomic E-state index is 13.5. The summed E-state index contributed by atoms with van der Waals surface area (Å²) in [5, 5.41) is 1.02. The van der Waals surface area contributed by atoms with Crippen molar-refractivity contribution in [1.82, 2.24) is 4.90 Å². The normalized spacial score (nSPS) is 21.2. The number of hydrogen-bond acceptors (Lipinski definition) is 3. The van der Waals surface area contributed by atoms with Crippen LogP contribution in [0, 0.1) is 5.82 Å². The van der Waals surface area contributed by atoms with Crippen molar-refractivity contribution in [3.8, 4) is 0 Å². The molecule has 2 aromatic rings. The zero-order valence-corrected chi connectivity index (χ0v) is 18.2. The molecule has 1 amide bonds. The van der Waals surface area contributed by atoms with Gasteiger partial charge in [-0.05, 0) is 42.7 Å². The molecule has 0 bridgehead atoms. The van der Waals surface area contributed by atoms with Gasteiger partial charge in [-0.1, -0.05) is 61.4 Å². The second-order valence-electron chi connectivity index (χ2n) is 7.97. The van der Waals surface area contributed by atoms with Crippen LogP contribution in [0.5, 0.6) is 0 Å². The summed E-state index contributed by atoms with van der Waals surface area (Å²) >= 11 is 1.72. The molecule has 1 atom stereocenters. The van der Waals surface area contributed by atoms with Crippen LogP contribution >= 0.6 is 11.8 Å². The average molecular weight is 426 g/mol. The molecule has 158 valence electrons. The van der Waals surface area contributed by atoms with Crippen molar-refractivity contribution in [2.24, 2.45) is 4.99 Å². The first-order chi connectivity index (χ1) is 14.6. The molecule has 0 aromatic heterocycles. The number of carbonyl (C=O) groups is 1. The Bertz CT molecular complexity index is 881. The van der Waals surface area contributed by atoms with E-state index in [9.17, 15) is 9.18 Å². The average Bonchev–Trinajstić information content (AvgIpc) is 3.12. The Hall–Kier alpha value is -2.34. The third-order valence-corrected chi connectivity index (χ3v) is 6.84. The third-order valence-electron chi connectivity index (χ3n) is 5.77. The SMILES string of the molecule is CC(=O)N(c1ccc(F)cc1)C1CSC(=NC2CCCCC2)N1Cc1ccccc1. The largest absolute Gasteiger partial charge is 0.325 e. The molecule has 6 heteroatoms. The minimum atomic E-state index is -0.302. The molecule has 2 fully saturated rings. The zero-order valence-electron chi connectivity index (χ0n) is 17.3. The van der Waals surface area contributed by atoms with E-state index in [0.717, 1.165) is 23.8 Å². The molecule has 1 unspecified atom stereocenters. The number of nitrogens with zero attached hydrogens (tertiary/aromatic N) is 3. The first-order valence-electron chi connectivity index (χ1n) is 10.7. The number of rotatable bonds is 5. The molecular formula is C24H28FN3OS. The summed E-state index contributed by atoms with van der Waals surface area (Å²) < 4.78 is 13.5. The van der Waals surface area contributed by atoms with E-state index in [1.54, 1.807) is 35.7 Å². The Labute approximate surface area is 182 Å². The number of carbonyl (C=O) groups excluding carboxylic acids is 1. The highest BCUT2D eigenvalue weighted by molar-refractivity contribution is 8.14. The molecule has 2 aromatic carbocycles. The summed E-state index contributed by atoms with van der Waals surface area (Å²) in [5.41, 5.74) is 1.90. The van der Waals surface area contributed by atoms with E-state index in [4.69, 9.17) is 4.99 Å². The van der Waals surface area contributed by atoms with Gasteiger partial charge in [-0.25, -0.2) is 4.39 Å². The van der Waals surface area contributed by atoms with Crippen molar-refractivity contribution in [2.75, 3.05) is 10.7 Å². The van der Waals surface area contributed by atoms with Gasteiger partial charge in [-0.2, -0.15) is 0 Å². The fraction of sp³-hybridized carbons (Fsp3) is 0.417. The molecule has 30 heavy (non-hydrogen) atoms. The van der Waals surface area contributed by atoms with Crippen LogP contribution in [0.4, 0.5) is 10.1 Å². The lowest BCUT2D eigenvalue weighted by Crippen LogP contribution is -2.49. The summed E-state index contributed by atoms with van der Waals surface area (Å²) in [5.74, 6) is 0.392. The molecule has 0 N–H and O–H groups in total. The van der Waals surface area contributed by atoms with Gasteiger partial charge in [0.2, 0.25) is 5.91 Å². The Morgan fingerprint density at radius 3 is 2.47 bits per heavy atom. The van der Waals surface area contributed by atoms with Crippen molar-refractivity contribution < 1.29 is 9.18 Å². The van der Waals surface area contributed by atoms with Gasteiger partial charge < -0.3 is 4.90 Å². The minimum Gasteiger partial charge on any atom is -0.325 e. The quantitative estimate of drug-likeness (QED) is 0.640. The third kappa shape index (κ3) is 4.86. The predicted molar refractivity (Wildman–Crippen MR) is 122 cm³/mol. The summed E-state index contributed by atoms with van der Waals surface area (Å²) in [6.45, 7) is 2.26. The number of hydrogen-bond donors (Lipinski definition) is 0. The minimum absolute atomic E-state index is 0.0517. The number of anilines is 1. The molecular weight excluding hydrogens is 397 g/mol. The summed E-state index contributed by atoms with van der Waals surface area (Å²) in [6.07, 6.45) is 5.91. The number of thioether (sulfide) groups is 1. The topological polar surface area (TPSA) is 35.9 Å². The highest BCUT2D eigenvalue weighted by Crippen LogP contribution is 2.33. The summed E-state index contributed by atoms with van der Waals surface area (Å²) in [6, 6.07) is 16.8. The van der Waals surface area contributed by atoms with Crippen LogP contribution in [0.3, 0.4) is 0 Å². The Balaban J connectivity index is 1.66. The Kier molecular flexibility index (Phi) is 6.72. The van der Waals surface area contributed by atoms with Crippen molar-refractivity contribution in [1.29, 1.82) is 0 Å². The fourth-order valence-corrected chi connectivity index (χ4v) is 5.46. The van der Waals surface area contributed by atoms with Gasteiger partial charge in [0.25, 0.3) is 0 Å². The molecule has 1 saturated carbocycles. The smallest absolute Gasteiger partial charge is 0.225 e. The summed E-state index contributed by atoms with van der Waals surface area (Å²) in [7, 11) is 0. The first kappa shape index (κ1) is 20.9. The van der Waals surface area contributed by atoms with E-state index < -0.39 is 0 Å². The fourth-order valence-electron chi connectivity index (χ4n) is 4.26. The van der Waals surface area contributed by atoms with Gasteiger partial charge in [0.05, 0.1) is 6.04 Å². The number of benzene rings is 2. The molecule has 2 aliphatic rings. The lowest BCUT2D eigenvalue weighted by atomic mass is 9.96. The Morgan fingerprint density at radius 1 is 1.10 bits per heavy atom. The lowest BCUT2D eigenvalue weighted by molar-refractivity contribution is -0.117. The number of amidine groups is 1. The van der Waals surface area contributed by atoms with Crippen LogP contribution in [0.1, 0.15) is 44.6 Å². The first-order valence-corrected chi connectivity index (χ1v) is 11.7. The standard InChI is InChI=1S/C24H28FN3OS/c1-18(29)28(22-14-12-20(25)13-15-22)23-17-30-24(26-21-10-6-3-7-11-21)27(23)16-19-8-4-2-5-9-19/h2,4-5,8-9,12-15,21,23H,3,6-7,10-11,16-17H2,1H3. The van der Waals surface area contributed by atoms with Gasteiger partial charge in [0, 0.05) is 24.9 Å². The molecule has 4 nitrogen and oxygen atoms in total. The van der Waals surface area contributed by atoms with Crippen LogP contribution in [0.15, 0.2) is 59.6 Å². The van der Waals surface area contributed by atoms with E-state index in [-0.39, 0.29) is 17.9 Å². The second kappa shape index (κ2) is 9.65. The maximum Gasteiger partial charge on any atom is 0.225 e. The highest BCUT2D eigenvalue weighted by Gasteiger charge is 2.37. The number of halogens is 1. The van der Waals surface area contributed by atoms with Gasteiger partial charge in [0.1, 0.15) is 12.0 Å². The van der Waals surface area contributed by atoms with Crippen molar-refractivity contribution >= 4 is 28.5 Å². The van der Waals surface area contributed by atoms with E-state index in [1.807, 2.05) is 18.2 Å². The lowest BCUT2D eigenvalue weighted by Gasteiger charge is -2.35. The van der Waals surface area contributed by atoms with Gasteiger partial charge in [-0.15, -0.1) is 0 Å². The van der Waals surface area contributed by atoms with Crippen LogP contribution in [0.2, 0.25) is 0 Å². The molecule has 0 spiro atoms. The van der Waals surface area contributed by atoms with Crippen molar-refractivity contribution in [3.05, 3.63) is 66.0 Å². The number of aliphatic imine (C=N–C) groups is 1. The molecule has 1 heterocycles. The van der Waals surface area contributed by atoms with Crippen LogP contribution in [0.25, 0.3) is 0 Å². The molecule has 1 aliphatic carbocycles. The van der Waals surface area contributed by atoms with Crippen LogP contribution < -0.4 is 4.90 Å².